The van der Waals surface area contributed by atoms with Crippen molar-refractivity contribution in [2.45, 2.75) is 31.7 Å². The van der Waals surface area contributed by atoms with Gasteiger partial charge >= 0.3 is 0 Å². The van der Waals surface area contributed by atoms with E-state index in [1.54, 1.807) is 0 Å². The molecule has 1 aliphatic carbocycles. The second kappa shape index (κ2) is 5.07. The summed E-state index contributed by atoms with van der Waals surface area (Å²) < 4.78 is 0. The fraction of sp³-hybridized carbons (Fsp3) is 0.500. The molecule has 1 heterocycles. The molecule has 0 radical (unpaired) electrons. The molecule has 16 heavy (non-hydrogen) atoms. The van der Waals surface area contributed by atoms with Gasteiger partial charge in [-0.05, 0) is 19.3 Å². The third kappa shape index (κ3) is 2.79. The van der Waals surface area contributed by atoms with Crippen LogP contribution in [0.25, 0.3) is 0 Å². The second-order valence-corrected chi connectivity index (χ2v) is 4.18. The van der Waals surface area contributed by atoms with E-state index in [9.17, 15) is 9.59 Å². The predicted molar refractivity (Wildman–Crippen MR) is 60.6 cm³/mol. The lowest BCUT2D eigenvalue weighted by atomic mass is 10.0. The Labute approximate surface area is 94.8 Å². The van der Waals surface area contributed by atoms with Crippen molar-refractivity contribution in [3.8, 4) is 0 Å². The first kappa shape index (κ1) is 11.1. The topological polar surface area (TPSA) is 58.2 Å². The third-order valence-electron chi connectivity index (χ3n) is 2.91. The molecule has 0 aromatic heterocycles. The summed E-state index contributed by atoms with van der Waals surface area (Å²) in [5.74, 6) is -0.355. The maximum absolute atomic E-state index is 11.4. The highest BCUT2D eigenvalue weighted by Gasteiger charge is 2.25. The summed E-state index contributed by atoms with van der Waals surface area (Å²) in [6.45, 7) is 0.733. The van der Waals surface area contributed by atoms with Crippen LogP contribution < -0.4 is 10.6 Å². The zero-order valence-corrected chi connectivity index (χ0v) is 9.16. The largest absolute Gasteiger partial charge is 0.302 e. The average molecular weight is 220 g/mol. The Morgan fingerprint density at radius 1 is 1.38 bits per heavy atom. The molecule has 4 heteroatoms. The van der Waals surface area contributed by atoms with E-state index < -0.39 is 0 Å². The lowest BCUT2D eigenvalue weighted by Crippen LogP contribution is -2.51. The molecule has 4 nitrogen and oxygen atoms in total. The van der Waals surface area contributed by atoms with E-state index in [1.165, 1.54) is 5.57 Å². The van der Waals surface area contributed by atoms with Crippen molar-refractivity contribution in [2.75, 3.05) is 6.54 Å². The Kier molecular flexibility index (Phi) is 3.51. The quantitative estimate of drug-likeness (QED) is 0.687. The lowest BCUT2D eigenvalue weighted by molar-refractivity contribution is -0.134. The molecule has 1 aliphatic heterocycles. The number of nitrogens with one attached hydrogen (secondary N) is 2. The molecule has 0 bridgehead atoms. The first-order chi connectivity index (χ1) is 7.75. The van der Waals surface area contributed by atoms with Crippen LogP contribution in [0.3, 0.4) is 0 Å². The standard InChI is InChI=1S/C12H16N2O2/c15-11-7-6-10(12(16)14-11)13-8-9-4-2-1-3-5-9/h1-2,4,10,13H,3,5-8H2,(H,14,15,16). The Balaban J connectivity index is 1.81. The lowest BCUT2D eigenvalue weighted by Gasteiger charge is -2.22. The number of carbonyl (C=O) groups excluding carboxylic acids is 2. The molecular formula is C12H16N2O2. The number of allylic oxidation sites excluding steroid dienone is 3. The van der Waals surface area contributed by atoms with Gasteiger partial charge in [-0.25, -0.2) is 0 Å². The van der Waals surface area contributed by atoms with Crippen molar-refractivity contribution in [2.24, 2.45) is 0 Å². The Morgan fingerprint density at radius 3 is 2.94 bits per heavy atom. The highest BCUT2D eigenvalue weighted by Crippen LogP contribution is 2.11. The van der Waals surface area contributed by atoms with Gasteiger partial charge in [0, 0.05) is 13.0 Å². The van der Waals surface area contributed by atoms with Crippen LogP contribution in [0.2, 0.25) is 0 Å². The summed E-state index contributed by atoms with van der Waals surface area (Å²) >= 11 is 0. The van der Waals surface area contributed by atoms with Crippen LogP contribution in [-0.2, 0) is 9.59 Å². The molecular weight excluding hydrogens is 204 g/mol. The zero-order valence-electron chi connectivity index (χ0n) is 9.16. The Hall–Kier alpha value is -1.42. The molecule has 1 saturated heterocycles. The van der Waals surface area contributed by atoms with E-state index in [0.29, 0.717) is 12.8 Å². The molecule has 0 spiro atoms. The van der Waals surface area contributed by atoms with Gasteiger partial charge in [-0.1, -0.05) is 23.8 Å². The zero-order chi connectivity index (χ0) is 11.4. The van der Waals surface area contributed by atoms with E-state index in [4.69, 9.17) is 0 Å². The summed E-state index contributed by atoms with van der Waals surface area (Å²) in [6, 6.07) is -0.218. The Morgan fingerprint density at radius 2 is 2.25 bits per heavy atom. The average Bonchev–Trinajstić information content (AvgIpc) is 2.29. The smallest absolute Gasteiger partial charge is 0.243 e. The van der Waals surface area contributed by atoms with Crippen molar-refractivity contribution >= 4 is 11.8 Å². The van der Waals surface area contributed by atoms with Crippen LogP contribution >= 0.6 is 0 Å². The minimum Gasteiger partial charge on any atom is -0.302 e. The molecule has 2 N–H and O–H groups in total. The molecule has 2 aliphatic rings. The number of amides is 2. The maximum Gasteiger partial charge on any atom is 0.243 e. The number of imide groups is 1. The fourth-order valence-corrected chi connectivity index (χ4v) is 1.94. The van der Waals surface area contributed by atoms with Gasteiger partial charge in [0.05, 0.1) is 6.04 Å². The third-order valence-corrected chi connectivity index (χ3v) is 2.91. The van der Waals surface area contributed by atoms with Gasteiger partial charge in [-0.2, -0.15) is 0 Å². The van der Waals surface area contributed by atoms with Crippen LogP contribution in [0.4, 0.5) is 0 Å². The molecule has 2 rings (SSSR count). The number of hydrogen-bond donors (Lipinski definition) is 2. The second-order valence-electron chi connectivity index (χ2n) is 4.18. The van der Waals surface area contributed by atoms with Gasteiger partial charge in [-0.15, -0.1) is 0 Å². The summed E-state index contributed by atoms with van der Waals surface area (Å²) in [7, 11) is 0. The van der Waals surface area contributed by atoms with E-state index >= 15 is 0 Å². The monoisotopic (exact) mass is 220 g/mol. The van der Waals surface area contributed by atoms with Crippen LogP contribution in [0.1, 0.15) is 25.7 Å². The van der Waals surface area contributed by atoms with Crippen LogP contribution in [0.5, 0.6) is 0 Å². The molecule has 0 aromatic rings. The summed E-state index contributed by atoms with van der Waals surface area (Å²) in [5.41, 5.74) is 1.31. The first-order valence-corrected chi connectivity index (χ1v) is 5.67. The van der Waals surface area contributed by atoms with Crippen molar-refractivity contribution in [3.63, 3.8) is 0 Å². The highest BCUT2D eigenvalue weighted by molar-refractivity contribution is 6.00. The molecule has 86 valence electrons. The minimum absolute atomic E-state index is 0.164. The SMILES string of the molecule is O=C1CCC(NCC2=CC=CCC2)C(=O)N1. The predicted octanol–water partition coefficient (Wildman–Crippen LogP) is 0.658. The van der Waals surface area contributed by atoms with Crippen molar-refractivity contribution in [3.05, 3.63) is 23.8 Å². The van der Waals surface area contributed by atoms with E-state index in [1.807, 2.05) is 6.08 Å². The van der Waals surface area contributed by atoms with Gasteiger partial charge in [0.1, 0.15) is 0 Å². The first-order valence-electron chi connectivity index (χ1n) is 5.67. The number of rotatable bonds is 3. The normalized spacial score (nSPS) is 25.2. The van der Waals surface area contributed by atoms with Crippen molar-refractivity contribution in [1.82, 2.24) is 10.6 Å². The Bertz CT molecular complexity index is 358. The molecule has 0 saturated carbocycles. The number of hydrogen-bond acceptors (Lipinski definition) is 3. The summed E-state index contributed by atoms with van der Waals surface area (Å²) in [5, 5.41) is 5.54. The van der Waals surface area contributed by atoms with Crippen LogP contribution in [-0.4, -0.2) is 24.4 Å². The van der Waals surface area contributed by atoms with E-state index in [0.717, 1.165) is 19.4 Å². The molecule has 2 amide bonds. The van der Waals surface area contributed by atoms with Gasteiger partial charge in [0.25, 0.3) is 0 Å². The van der Waals surface area contributed by atoms with Gasteiger partial charge in [-0.3, -0.25) is 14.9 Å². The minimum atomic E-state index is -0.218. The molecule has 0 aromatic carbocycles. The number of carbonyl (C=O) groups is 2. The maximum atomic E-state index is 11.4. The molecule has 1 unspecified atom stereocenters. The van der Waals surface area contributed by atoms with Gasteiger partial charge < -0.3 is 5.32 Å². The van der Waals surface area contributed by atoms with Crippen LogP contribution in [0, 0.1) is 0 Å². The highest BCUT2D eigenvalue weighted by atomic mass is 16.2. The van der Waals surface area contributed by atoms with Crippen molar-refractivity contribution < 1.29 is 9.59 Å². The number of piperidine rings is 1. The molecule has 1 fully saturated rings. The van der Waals surface area contributed by atoms with Crippen LogP contribution in [0.15, 0.2) is 23.8 Å². The van der Waals surface area contributed by atoms with E-state index in [-0.39, 0.29) is 17.9 Å². The van der Waals surface area contributed by atoms with Gasteiger partial charge in [0.2, 0.25) is 11.8 Å². The van der Waals surface area contributed by atoms with Gasteiger partial charge in [0.15, 0.2) is 0 Å². The summed E-state index contributed by atoms with van der Waals surface area (Å²) in [6.07, 6.45) is 9.43. The summed E-state index contributed by atoms with van der Waals surface area (Å²) in [4.78, 5) is 22.4. The molecule has 1 atom stereocenters. The van der Waals surface area contributed by atoms with E-state index in [2.05, 4.69) is 22.8 Å². The van der Waals surface area contributed by atoms with Crippen molar-refractivity contribution in [1.29, 1.82) is 0 Å². The fourth-order valence-electron chi connectivity index (χ4n) is 1.94.